The lowest BCUT2D eigenvalue weighted by Gasteiger charge is -2.37. The van der Waals surface area contributed by atoms with Crippen molar-refractivity contribution in [1.82, 2.24) is 40.3 Å². The third-order valence-electron chi connectivity index (χ3n) is 13.9. The minimum absolute atomic E-state index is 0.0325. The van der Waals surface area contributed by atoms with Crippen LogP contribution < -0.4 is 20.4 Å². The molecule has 0 radical (unpaired) electrons. The summed E-state index contributed by atoms with van der Waals surface area (Å²) >= 11 is 3.24. The second-order valence-corrected chi connectivity index (χ2v) is 21.9. The van der Waals surface area contributed by atoms with Gasteiger partial charge in [-0.05, 0) is 81.0 Å². The molecule has 5 atom stereocenters. The number of rotatable bonds is 12. The average molecular weight is 1010 g/mol. The largest absolute Gasteiger partial charge is 0.469 e. The highest BCUT2D eigenvalue weighted by molar-refractivity contribution is 7.15. The van der Waals surface area contributed by atoms with E-state index in [9.17, 15) is 24.3 Å². The number of aliphatic hydroxyl groups excluding tert-OH is 1. The van der Waals surface area contributed by atoms with E-state index in [0.717, 1.165) is 60.6 Å². The van der Waals surface area contributed by atoms with Gasteiger partial charge in [0.15, 0.2) is 5.82 Å². The zero-order valence-corrected chi connectivity index (χ0v) is 43.7. The Bertz CT molecular complexity index is 3040. The number of aliphatic imine (C=N–C) groups is 1. The smallest absolute Gasteiger partial charge is 0.308 e. The number of carbonyl (C=O) groups excluding carboxylic acids is 4. The van der Waals surface area contributed by atoms with Gasteiger partial charge in [-0.25, -0.2) is 9.97 Å². The number of hydrogen-bond donors (Lipinski definition) is 3. The second-order valence-electron chi connectivity index (χ2n) is 19.9. The van der Waals surface area contributed by atoms with Gasteiger partial charge in [-0.15, -0.1) is 32.9 Å². The summed E-state index contributed by atoms with van der Waals surface area (Å²) in [4.78, 5) is 77.4. The maximum atomic E-state index is 14.4. The van der Waals surface area contributed by atoms with E-state index in [1.54, 1.807) is 34.8 Å². The summed E-state index contributed by atoms with van der Waals surface area (Å²) in [6.07, 6.45) is -0.783. The molecule has 0 aliphatic carbocycles. The van der Waals surface area contributed by atoms with E-state index < -0.39 is 41.5 Å². The van der Waals surface area contributed by atoms with Crippen LogP contribution in [-0.4, -0.2) is 122 Å². The highest BCUT2D eigenvalue weighted by Gasteiger charge is 2.45. The van der Waals surface area contributed by atoms with Crippen molar-refractivity contribution in [2.45, 2.75) is 98.5 Å². The molecule has 72 heavy (non-hydrogen) atoms. The lowest BCUT2D eigenvalue weighted by atomic mass is 9.85. The van der Waals surface area contributed by atoms with Crippen LogP contribution in [0, 0.1) is 33.1 Å². The number of piperazine rings is 1. The lowest BCUT2D eigenvalue weighted by molar-refractivity contribution is -0.142. The number of likely N-dealkylation sites (tertiary alicyclic amines) is 1. The van der Waals surface area contributed by atoms with Crippen LogP contribution in [0.2, 0.25) is 0 Å². The first-order valence-corrected chi connectivity index (χ1v) is 25.9. The molecule has 0 saturated carbocycles. The summed E-state index contributed by atoms with van der Waals surface area (Å²) in [7, 11) is 1.38. The fourth-order valence-electron chi connectivity index (χ4n) is 9.74. The van der Waals surface area contributed by atoms with Gasteiger partial charge in [0.05, 0.1) is 47.5 Å². The number of carbonyl (C=O) groups is 4. The highest BCUT2D eigenvalue weighted by atomic mass is 32.1. The fraction of sp³-hybridized carbons (Fsp3) is 0.415. The average Bonchev–Trinajstić information content (AvgIpc) is 4.14. The minimum Gasteiger partial charge on any atom is -0.469 e. The van der Waals surface area contributed by atoms with Gasteiger partial charge in [-0.1, -0.05) is 63.2 Å². The van der Waals surface area contributed by atoms with Crippen LogP contribution in [0.4, 0.5) is 11.5 Å². The Morgan fingerprint density at radius 1 is 0.889 bits per heavy atom. The number of benzene rings is 2. The molecule has 1 unspecified atom stereocenters. The van der Waals surface area contributed by atoms with E-state index >= 15 is 0 Å². The van der Waals surface area contributed by atoms with E-state index in [1.165, 1.54) is 16.9 Å². The summed E-state index contributed by atoms with van der Waals surface area (Å²) < 4.78 is 7.08. The topological polar surface area (TPSA) is 200 Å². The van der Waals surface area contributed by atoms with E-state index in [2.05, 4.69) is 73.7 Å². The van der Waals surface area contributed by atoms with Crippen molar-refractivity contribution in [3.63, 3.8) is 0 Å². The first-order chi connectivity index (χ1) is 34.4. The van der Waals surface area contributed by atoms with E-state index in [0.29, 0.717) is 37.8 Å². The van der Waals surface area contributed by atoms with Crippen molar-refractivity contribution < 1.29 is 29.0 Å². The monoisotopic (exact) mass is 1010 g/mol. The SMILES string of the molecule is COC(=O)C[C@@H]1N=C(c2ccc(N3CCN(c4cccc(C(=O)NC(C(=O)N5C[C@H](O)C[C@H]5C(=O)N[C@@H](C)c5ccc(-c6scnc6C)cc5)C(C)(C)C)n4)CC3)cc2)c2c(sc(C)c2C)-n2c(C)nnc21. The Kier molecular flexibility index (Phi) is 14.2. The maximum absolute atomic E-state index is 14.4. The second kappa shape index (κ2) is 20.4. The molecular weight excluding hydrogens is 951 g/mol. The molecule has 17 nitrogen and oxygen atoms in total. The highest BCUT2D eigenvalue weighted by Crippen LogP contribution is 2.40. The summed E-state index contributed by atoms with van der Waals surface area (Å²) in [6, 6.07) is 18.8. The normalized spacial score (nSPS) is 18.7. The molecule has 2 saturated heterocycles. The van der Waals surface area contributed by atoms with Gasteiger partial charge in [0.2, 0.25) is 11.8 Å². The summed E-state index contributed by atoms with van der Waals surface area (Å²) in [5.74, 6) is 0.272. The van der Waals surface area contributed by atoms with Crippen molar-refractivity contribution in [1.29, 1.82) is 0 Å². The number of esters is 1. The van der Waals surface area contributed by atoms with Crippen molar-refractivity contribution in [3.8, 4) is 15.4 Å². The van der Waals surface area contributed by atoms with Crippen LogP contribution >= 0.6 is 22.7 Å². The van der Waals surface area contributed by atoms with Crippen molar-refractivity contribution in [3.05, 3.63) is 122 Å². The summed E-state index contributed by atoms with van der Waals surface area (Å²) in [5.41, 5.74) is 9.04. The molecule has 3 amide bonds. The molecule has 2 aromatic carbocycles. The number of pyridine rings is 1. The van der Waals surface area contributed by atoms with Crippen LogP contribution in [-0.2, 0) is 19.1 Å². The van der Waals surface area contributed by atoms with Crippen molar-refractivity contribution in [2.75, 3.05) is 49.6 Å². The van der Waals surface area contributed by atoms with Crippen LogP contribution in [0.15, 0.2) is 77.2 Å². The predicted octanol–water partition coefficient (Wildman–Crippen LogP) is 6.85. The van der Waals surface area contributed by atoms with Crippen LogP contribution in [0.3, 0.4) is 0 Å². The number of anilines is 2. The molecule has 19 heteroatoms. The molecular formula is C53H61N11O6S2. The van der Waals surface area contributed by atoms with Gasteiger partial charge in [0.1, 0.15) is 40.5 Å². The number of aryl methyl sites for hydroxylation is 3. The van der Waals surface area contributed by atoms with Crippen LogP contribution in [0.1, 0.15) is 108 Å². The Hall–Kier alpha value is -6.83. The number of hydrogen-bond acceptors (Lipinski definition) is 15. The number of nitrogens with one attached hydrogen (secondary N) is 2. The van der Waals surface area contributed by atoms with Gasteiger partial charge < -0.3 is 35.2 Å². The van der Waals surface area contributed by atoms with Gasteiger partial charge in [-0.2, -0.15) is 0 Å². The number of fused-ring (bicyclic) bond motifs is 3. The van der Waals surface area contributed by atoms with E-state index in [1.807, 2.05) is 82.0 Å². The Balaban J connectivity index is 0.845. The third-order valence-corrected chi connectivity index (χ3v) is 16.1. The zero-order chi connectivity index (χ0) is 51.2. The van der Waals surface area contributed by atoms with E-state index in [4.69, 9.17) is 14.7 Å². The number of amides is 3. The molecule has 3 aliphatic rings. The summed E-state index contributed by atoms with van der Waals surface area (Å²) in [6.45, 7) is 18.2. The molecule has 0 bridgehead atoms. The number of aliphatic hydroxyl groups is 1. The number of thiazole rings is 1. The molecule has 2 fully saturated rings. The Morgan fingerprint density at radius 2 is 1.58 bits per heavy atom. The number of methoxy groups -OCH3 is 1. The molecule has 0 spiro atoms. The standard InChI is InChI=1S/C53H61N11O6S2/c1-29-32(4)72-52-44(29)45(57-40(26-43(66)70-9)48-60-59-33(5)64(48)52)35-17-19-37(20-18-35)61-21-23-62(24-22-61)42-12-10-11-39(56-42)49(67)58-47(53(6,7)8)51(69)63-27-38(65)25-41(63)50(68)55-30(2)34-13-15-36(16-14-34)46-31(3)54-28-71-46/h10-20,28,30,38,40-41,47,65H,21-27H2,1-9H3,(H,55,68)(H,58,67)/t30-,38+,40-,41-,47?/m0/s1. The maximum Gasteiger partial charge on any atom is 0.308 e. The molecule has 3 aliphatic heterocycles. The number of β-amino-alcohol motifs (C(OH)–C–C–N with tert-alkyl or cyclic N) is 1. The molecule has 7 heterocycles. The van der Waals surface area contributed by atoms with Crippen molar-refractivity contribution in [2.24, 2.45) is 10.4 Å². The third kappa shape index (κ3) is 10.0. The molecule has 9 rings (SSSR count). The predicted molar refractivity (Wildman–Crippen MR) is 279 cm³/mol. The number of thiophene rings is 1. The zero-order valence-electron chi connectivity index (χ0n) is 42.1. The number of nitrogens with zero attached hydrogens (tertiary/aromatic N) is 9. The van der Waals surface area contributed by atoms with E-state index in [-0.39, 0.29) is 43.0 Å². The number of ether oxygens (including phenoxy) is 1. The van der Waals surface area contributed by atoms with Gasteiger partial charge in [0.25, 0.3) is 5.91 Å². The Labute approximate surface area is 427 Å². The van der Waals surface area contributed by atoms with Gasteiger partial charge in [0, 0.05) is 60.8 Å². The minimum atomic E-state index is -1.02. The van der Waals surface area contributed by atoms with Gasteiger partial charge >= 0.3 is 5.97 Å². The van der Waals surface area contributed by atoms with Crippen LogP contribution in [0.25, 0.3) is 15.4 Å². The first kappa shape index (κ1) is 50.1. The Morgan fingerprint density at radius 3 is 2.25 bits per heavy atom. The summed E-state index contributed by atoms with van der Waals surface area (Å²) in [5, 5.41) is 26.6. The fourth-order valence-corrected chi connectivity index (χ4v) is 11.8. The number of aromatic nitrogens is 5. The molecule has 4 aromatic heterocycles. The lowest BCUT2D eigenvalue weighted by Crippen LogP contribution is -2.58. The quantitative estimate of drug-likeness (QED) is 0.108. The van der Waals surface area contributed by atoms with Gasteiger partial charge in [-0.3, -0.25) is 28.7 Å². The molecule has 3 N–H and O–H groups in total. The first-order valence-electron chi connectivity index (χ1n) is 24.2. The molecule has 376 valence electrons. The molecule has 6 aromatic rings. The van der Waals surface area contributed by atoms with Crippen LogP contribution in [0.5, 0.6) is 0 Å². The van der Waals surface area contributed by atoms with Crippen molar-refractivity contribution >= 4 is 63.6 Å².